The lowest BCUT2D eigenvalue weighted by molar-refractivity contribution is 0.0952. The second-order valence-corrected chi connectivity index (χ2v) is 6.81. The molecule has 4 N–H and O–H groups in total. The summed E-state index contributed by atoms with van der Waals surface area (Å²) in [5.41, 5.74) is 8.15. The molecule has 1 fully saturated rings. The van der Waals surface area contributed by atoms with Crippen molar-refractivity contribution in [2.45, 2.75) is 38.8 Å². The van der Waals surface area contributed by atoms with Crippen LogP contribution in [-0.2, 0) is 0 Å². The van der Waals surface area contributed by atoms with Crippen molar-refractivity contribution in [3.8, 4) is 11.3 Å². The highest BCUT2D eigenvalue weighted by Crippen LogP contribution is 2.20. The number of benzene rings is 1. The van der Waals surface area contributed by atoms with Crippen LogP contribution in [0.15, 0.2) is 41.5 Å². The zero-order chi connectivity index (χ0) is 18.5. The van der Waals surface area contributed by atoms with Crippen molar-refractivity contribution >= 4 is 5.91 Å². The fraction of sp³-hybridized carbons (Fsp3) is 0.421. The number of amides is 1. The predicted octanol–water partition coefficient (Wildman–Crippen LogP) is 1.45. The molecule has 2 heterocycles. The Labute approximate surface area is 152 Å². The first kappa shape index (κ1) is 18.3. The molecule has 0 spiro atoms. The average Bonchev–Trinajstić information content (AvgIpc) is 2.97. The Morgan fingerprint density at radius 2 is 1.96 bits per heavy atom. The van der Waals surface area contributed by atoms with Crippen molar-refractivity contribution in [3.05, 3.63) is 52.6 Å². The Morgan fingerprint density at radius 1 is 1.19 bits per heavy atom. The van der Waals surface area contributed by atoms with Crippen molar-refractivity contribution in [2.24, 2.45) is 5.92 Å². The number of carbonyl (C=O) groups excluding carboxylic acids is 1. The Morgan fingerprint density at radius 3 is 2.69 bits per heavy atom. The molecule has 1 aliphatic heterocycles. The second kappa shape index (κ2) is 8.25. The van der Waals surface area contributed by atoms with Gasteiger partial charge in [0.1, 0.15) is 0 Å². The number of nitrogens with one attached hydrogen (secondary N) is 4. The number of aromatic amines is 1. The summed E-state index contributed by atoms with van der Waals surface area (Å²) in [5, 5.41) is 2.97. The first-order valence-corrected chi connectivity index (χ1v) is 8.99. The first-order valence-electron chi connectivity index (χ1n) is 8.99. The van der Waals surface area contributed by atoms with Crippen LogP contribution in [0.4, 0.5) is 0 Å². The van der Waals surface area contributed by atoms with E-state index in [1.165, 1.54) is 12.4 Å². The van der Waals surface area contributed by atoms with E-state index < -0.39 is 0 Å². The van der Waals surface area contributed by atoms with Gasteiger partial charge in [-0.05, 0) is 44.7 Å². The number of hydrogen-bond donors (Lipinski definition) is 4. The van der Waals surface area contributed by atoms with Gasteiger partial charge in [0.15, 0.2) is 0 Å². The Bertz CT molecular complexity index is 809. The van der Waals surface area contributed by atoms with E-state index in [1.54, 1.807) is 18.2 Å². The van der Waals surface area contributed by atoms with Crippen LogP contribution in [0.2, 0.25) is 0 Å². The lowest BCUT2D eigenvalue weighted by Gasteiger charge is -2.17. The SMILES string of the molecule is CC1NNC(C)C1CCCNC(=O)c1cccc(-c2cc(=O)[nH]cn2)c1. The maximum atomic E-state index is 12.4. The van der Waals surface area contributed by atoms with Gasteiger partial charge in [-0.3, -0.25) is 20.4 Å². The summed E-state index contributed by atoms with van der Waals surface area (Å²) in [6.07, 6.45) is 3.35. The maximum Gasteiger partial charge on any atom is 0.251 e. The minimum absolute atomic E-state index is 0.111. The zero-order valence-corrected chi connectivity index (χ0v) is 15.1. The van der Waals surface area contributed by atoms with Crippen LogP contribution < -0.4 is 21.7 Å². The summed E-state index contributed by atoms with van der Waals surface area (Å²) in [6, 6.07) is 9.46. The second-order valence-electron chi connectivity index (χ2n) is 6.81. The van der Waals surface area contributed by atoms with Gasteiger partial charge in [-0.25, -0.2) is 4.98 Å². The Balaban J connectivity index is 1.55. The molecule has 3 rings (SSSR count). The molecule has 1 aromatic carbocycles. The zero-order valence-electron chi connectivity index (χ0n) is 15.1. The molecule has 0 saturated carbocycles. The van der Waals surface area contributed by atoms with Crippen molar-refractivity contribution in [3.63, 3.8) is 0 Å². The average molecular weight is 355 g/mol. The summed E-state index contributed by atoms with van der Waals surface area (Å²) >= 11 is 0. The van der Waals surface area contributed by atoms with Crippen LogP contribution in [0.25, 0.3) is 11.3 Å². The monoisotopic (exact) mass is 355 g/mol. The van der Waals surface area contributed by atoms with Gasteiger partial charge in [0.2, 0.25) is 0 Å². The normalized spacial score (nSPS) is 22.3. The third-order valence-electron chi connectivity index (χ3n) is 4.92. The van der Waals surface area contributed by atoms with Gasteiger partial charge < -0.3 is 10.3 Å². The molecule has 2 unspecified atom stereocenters. The third kappa shape index (κ3) is 4.36. The lowest BCUT2D eigenvalue weighted by atomic mass is 9.92. The molecule has 1 amide bonds. The van der Waals surface area contributed by atoms with E-state index in [2.05, 4.69) is 40.0 Å². The van der Waals surface area contributed by atoms with Gasteiger partial charge >= 0.3 is 0 Å². The molecule has 1 saturated heterocycles. The molecular weight excluding hydrogens is 330 g/mol. The summed E-state index contributed by atoms with van der Waals surface area (Å²) in [6.45, 7) is 4.99. The van der Waals surface area contributed by atoms with Crippen LogP contribution in [0.3, 0.4) is 0 Å². The molecule has 0 radical (unpaired) electrons. The number of hydrogen-bond acceptors (Lipinski definition) is 5. The molecule has 1 aliphatic rings. The Hall–Kier alpha value is -2.51. The molecule has 138 valence electrons. The van der Waals surface area contributed by atoms with E-state index in [-0.39, 0.29) is 11.5 Å². The van der Waals surface area contributed by atoms with Crippen molar-refractivity contribution < 1.29 is 4.79 Å². The number of nitrogens with zero attached hydrogens (tertiary/aromatic N) is 1. The molecule has 7 nitrogen and oxygen atoms in total. The minimum atomic E-state index is -0.218. The van der Waals surface area contributed by atoms with Crippen LogP contribution in [-0.4, -0.2) is 34.5 Å². The van der Waals surface area contributed by atoms with Crippen LogP contribution in [0.5, 0.6) is 0 Å². The van der Waals surface area contributed by atoms with E-state index in [4.69, 9.17) is 0 Å². The van der Waals surface area contributed by atoms with E-state index >= 15 is 0 Å². The standard InChI is InChI=1S/C19H25N5O2/c1-12-16(13(2)24-23-12)7-4-8-20-19(26)15-6-3-5-14(9-15)17-10-18(25)22-11-21-17/h3,5-6,9-13,16,23-24H,4,7-8H2,1-2H3,(H,20,26)(H,21,22,25). The third-order valence-corrected chi connectivity index (χ3v) is 4.92. The van der Waals surface area contributed by atoms with Crippen LogP contribution in [0, 0.1) is 5.92 Å². The Kier molecular flexibility index (Phi) is 5.80. The smallest absolute Gasteiger partial charge is 0.251 e. The topological polar surface area (TPSA) is 98.9 Å². The molecule has 26 heavy (non-hydrogen) atoms. The fourth-order valence-electron chi connectivity index (χ4n) is 3.40. The van der Waals surface area contributed by atoms with Crippen LogP contribution in [0.1, 0.15) is 37.0 Å². The van der Waals surface area contributed by atoms with Gasteiger partial charge in [0.25, 0.3) is 11.5 Å². The number of rotatable bonds is 6. The van der Waals surface area contributed by atoms with Crippen LogP contribution >= 0.6 is 0 Å². The summed E-state index contributed by atoms with van der Waals surface area (Å²) in [7, 11) is 0. The van der Waals surface area contributed by atoms with Crippen molar-refractivity contribution in [1.29, 1.82) is 0 Å². The highest BCUT2D eigenvalue weighted by Gasteiger charge is 2.28. The minimum Gasteiger partial charge on any atom is -0.352 e. The first-order chi connectivity index (χ1) is 12.5. The molecule has 2 atom stereocenters. The van der Waals surface area contributed by atoms with E-state index in [0.717, 1.165) is 18.4 Å². The highest BCUT2D eigenvalue weighted by molar-refractivity contribution is 5.95. The highest BCUT2D eigenvalue weighted by atomic mass is 16.1. The van der Waals surface area contributed by atoms with Crippen molar-refractivity contribution in [1.82, 2.24) is 26.1 Å². The molecular formula is C19H25N5O2. The number of H-pyrrole nitrogens is 1. The van der Waals surface area contributed by atoms with E-state index in [1.807, 2.05) is 6.07 Å². The number of carbonyl (C=O) groups is 1. The van der Waals surface area contributed by atoms with Gasteiger partial charge in [-0.1, -0.05) is 12.1 Å². The molecule has 0 aliphatic carbocycles. The van der Waals surface area contributed by atoms with Crippen molar-refractivity contribution in [2.75, 3.05) is 6.54 Å². The largest absolute Gasteiger partial charge is 0.352 e. The summed E-state index contributed by atoms with van der Waals surface area (Å²) < 4.78 is 0. The van der Waals surface area contributed by atoms with E-state index in [9.17, 15) is 9.59 Å². The number of aromatic nitrogens is 2. The molecule has 1 aromatic heterocycles. The van der Waals surface area contributed by atoms with Gasteiger partial charge in [-0.2, -0.15) is 0 Å². The lowest BCUT2D eigenvalue weighted by Crippen LogP contribution is -2.30. The van der Waals surface area contributed by atoms with E-state index in [0.29, 0.717) is 35.8 Å². The molecule has 2 aromatic rings. The fourth-order valence-corrected chi connectivity index (χ4v) is 3.40. The predicted molar refractivity (Wildman–Crippen MR) is 101 cm³/mol. The molecule has 0 bridgehead atoms. The van der Waals surface area contributed by atoms with Gasteiger partial charge in [0.05, 0.1) is 12.0 Å². The summed E-state index contributed by atoms with van der Waals surface area (Å²) in [5.74, 6) is 0.456. The number of hydrazine groups is 1. The summed E-state index contributed by atoms with van der Waals surface area (Å²) in [4.78, 5) is 30.5. The maximum absolute atomic E-state index is 12.4. The van der Waals surface area contributed by atoms with Gasteiger partial charge in [0, 0.05) is 35.8 Å². The van der Waals surface area contributed by atoms with Gasteiger partial charge in [-0.15, -0.1) is 0 Å². The molecule has 7 heteroatoms. The quantitative estimate of drug-likeness (QED) is 0.588.